The fourth-order valence-corrected chi connectivity index (χ4v) is 5.70. The van der Waals surface area contributed by atoms with Crippen molar-refractivity contribution in [3.8, 4) is 50.8 Å². The van der Waals surface area contributed by atoms with Crippen LogP contribution in [-0.4, -0.2) is 19.5 Å². The Bertz CT molecular complexity index is 2200. The fourth-order valence-electron chi connectivity index (χ4n) is 5.70. The van der Waals surface area contributed by atoms with Crippen LogP contribution < -0.4 is 0 Å². The van der Waals surface area contributed by atoms with Crippen molar-refractivity contribution >= 4 is 21.9 Å². The first-order chi connectivity index (χ1) is 21.3. The number of hydrogen-bond acceptors (Lipinski definition) is 3. The van der Waals surface area contributed by atoms with Crippen LogP contribution in [0.4, 0.5) is 0 Å². The van der Waals surface area contributed by atoms with Crippen LogP contribution in [0.3, 0.4) is 0 Å². The summed E-state index contributed by atoms with van der Waals surface area (Å²) in [5.74, 6) is 1.66. The molecule has 0 saturated carbocycles. The van der Waals surface area contributed by atoms with Gasteiger partial charge in [0.2, 0.25) is 0 Å². The largest absolute Gasteiger partial charge is 0.292 e. The predicted molar refractivity (Wildman–Crippen MR) is 176 cm³/mol. The molecule has 0 atom stereocenters. The van der Waals surface area contributed by atoms with E-state index >= 15 is 0 Å². The summed E-state index contributed by atoms with van der Waals surface area (Å²) in [5.41, 5.74) is 10.5. The number of hydrogen-bond donors (Lipinski definition) is 0. The number of para-hydroxylation sites is 4. The smallest absolute Gasteiger partial charge is 0.160 e. The molecule has 202 valence electrons. The summed E-state index contributed by atoms with van der Waals surface area (Å²) in [6.07, 6.45) is 0. The molecular weight excluding hydrogens is 524 g/mol. The highest BCUT2D eigenvalue weighted by Gasteiger charge is 2.15. The molecule has 0 aliphatic rings. The molecule has 2 heterocycles. The maximum absolute atomic E-state index is 5.02. The summed E-state index contributed by atoms with van der Waals surface area (Å²) in [7, 11) is 0. The Balaban J connectivity index is 1.15. The Kier molecular flexibility index (Phi) is 6.08. The van der Waals surface area contributed by atoms with Crippen LogP contribution in [0.2, 0.25) is 0 Å². The van der Waals surface area contributed by atoms with Gasteiger partial charge in [-0.25, -0.2) is 15.0 Å². The summed E-state index contributed by atoms with van der Waals surface area (Å²) in [4.78, 5) is 14.9. The fraction of sp³-hybridized carbons (Fsp3) is 0. The predicted octanol–water partition coefficient (Wildman–Crippen LogP) is 9.64. The number of benzene rings is 6. The number of nitrogens with zero attached hydrogens (tertiary/aromatic N) is 4. The van der Waals surface area contributed by atoms with E-state index in [1.165, 1.54) is 0 Å². The van der Waals surface area contributed by atoms with Gasteiger partial charge in [-0.15, -0.1) is 0 Å². The first kappa shape index (κ1) is 24.9. The van der Waals surface area contributed by atoms with E-state index in [1.807, 2.05) is 42.5 Å². The molecule has 2 aromatic heterocycles. The van der Waals surface area contributed by atoms with Gasteiger partial charge in [0.1, 0.15) is 5.82 Å². The molecular formula is C39H26N4. The standard InChI is InChI=1S/C39H26N4/c1-3-11-30(12-4-1)38-40-34-16-8-7-15-33(34)37(42-38)29-23-19-27(20-24-29)28-21-25-31(26-22-28)39-41-35-17-9-10-18-36(35)43(39)32-13-5-2-6-14-32/h1-26H. The maximum Gasteiger partial charge on any atom is 0.160 e. The number of aromatic nitrogens is 4. The molecule has 8 aromatic rings. The Labute approximate surface area is 249 Å². The van der Waals surface area contributed by atoms with E-state index in [1.54, 1.807) is 0 Å². The lowest BCUT2D eigenvalue weighted by Gasteiger charge is -2.11. The lowest BCUT2D eigenvalue weighted by Crippen LogP contribution is -1.97. The second-order valence-electron chi connectivity index (χ2n) is 10.5. The van der Waals surface area contributed by atoms with Crippen LogP contribution in [0.25, 0.3) is 72.8 Å². The highest BCUT2D eigenvalue weighted by atomic mass is 15.1. The molecule has 0 N–H and O–H groups in total. The van der Waals surface area contributed by atoms with Gasteiger partial charge in [-0.1, -0.05) is 127 Å². The van der Waals surface area contributed by atoms with E-state index in [4.69, 9.17) is 15.0 Å². The highest BCUT2D eigenvalue weighted by molar-refractivity contribution is 5.94. The van der Waals surface area contributed by atoms with Crippen LogP contribution in [0.1, 0.15) is 0 Å². The monoisotopic (exact) mass is 550 g/mol. The van der Waals surface area contributed by atoms with Crippen molar-refractivity contribution < 1.29 is 0 Å². The van der Waals surface area contributed by atoms with Crippen molar-refractivity contribution in [2.75, 3.05) is 0 Å². The first-order valence-electron chi connectivity index (χ1n) is 14.4. The SMILES string of the molecule is c1ccc(-c2nc(-c3ccc(-c4ccc(-c5nc6ccccc6n5-c5ccccc5)cc4)cc3)c3ccccc3n2)cc1. The van der Waals surface area contributed by atoms with Gasteiger partial charge >= 0.3 is 0 Å². The second kappa shape index (κ2) is 10.5. The summed E-state index contributed by atoms with van der Waals surface area (Å²) >= 11 is 0. The minimum Gasteiger partial charge on any atom is -0.292 e. The molecule has 43 heavy (non-hydrogen) atoms. The van der Waals surface area contributed by atoms with Crippen molar-refractivity contribution in [1.29, 1.82) is 0 Å². The lowest BCUT2D eigenvalue weighted by molar-refractivity contribution is 1.10. The van der Waals surface area contributed by atoms with Gasteiger partial charge in [0.15, 0.2) is 5.82 Å². The lowest BCUT2D eigenvalue weighted by atomic mass is 10.00. The number of rotatable bonds is 5. The van der Waals surface area contributed by atoms with Gasteiger partial charge in [-0.05, 0) is 41.5 Å². The molecule has 0 amide bonds. The van der Waals surface area contributed by atoms with Gasteiger partial charge in [0.05, 0.1) is 22.2 Å². The van der Waals surface area contributed by atoms with E-state index in [-0.39, 0.29) is 0 Å². The molecule has 8 rings (SSSR count). The summed E-state index contributed by atoms with van der Waals surface area (Å²) < 4.78 is 2.23. The van der Waals surface area contributed by atoms with E-state index < -0.39 is 0 Å². The molecule has 4 heteroatoms. The van der Waals surface area contributed by atoms with Crippen molar-refractivity contribution in [3.63, 3.8) is 0 Å². The molecule has 0 bridgehead atoms. The second-order valence-corrected chi connectivity index (χ2v) is 10.5. The van der Waals surface area contributed by atoms with E-state index in [9.17, 15) is 0 Å². The molecule has 4 nitrogen and oxygen atoms in total. The summed E-state index contributed by atoms with van der Waals surface area (Å²) in [6, 6.07) is 54.4. The van der Waals surface area contributed by atoms with E-state index in [0.717, 1.165) is 72.8 Å². The Morgan fingerprint density at radius 2 is 0.930 bits per heavy atom. The van der Waals surface area contributed by atoms with Crippen molar-refractivity contribution in [1.82, 2.24) is 19.5 Å². The average molecular weight is 551 g/mol. The zero-order chi connectivity index (χ0) is 28.6. The van der Waals surface area contributed by atoms with Crippen LogP contribution in [0.5, 0.6) is 0 Å². The third-order valence-corrected chi connectivity index (χ3v) is 7.85. The Morgan fingerprint density at radius 1 is 0.372 bits per heavy atom. The Hall–Kier alpha value is -5.87. The topological polar surface area (TPSA) is 43.6 Å². The van der Waals surface area contributed by atoms with Gasteiger partial charge in [0, 0.05) is 27.8 Å². The van der Waals surface area contributed by atoms with Gasteiger partial charge in [-0.2, -0.15) is 0 Å². The summed E-state index contributed by atoms with van der Waals surface area (Å²) in [5, 5.41) is 1.04. The molecule has 0 aliphatic carbocycles. The minimum atomic E-state index is 0.732. The summed E-state index contributed by atoms with van der Waals surface area (Å²) in [6.45, 7) is 0. The van der Waals surface area contributed by atoms with Crippen LogP contribution in [0.15, 0.2) is 158 Å². The van der Waals surface area contributed by atoms with E-state index in [0.29, 0.717) is 0 Å². The van der Waals surface area contributed by atoms with Crippen LogP contribution in [-0.2, 0) is 0 Å². The van der Waals surface area contributed by atoms with Gasteiger partial charge in [-0.3, -0.25) is 4.57 Å². The van der Waals surface area contributed by atoms with Crippen LogP contribution in [0, 0.1) is 0 Å². The van der Waals surface area contributed by atoms with Gasteiger partial charge < -0.3 is 0 Å². The third-order valence-electron chi connectivity index (χ3n) is 7.85. The van der Waals surface area contributed by atoms with Crippen molar-refractivity contribution in [2.24, 2.45) is 0 Å². The van der Waals surface area contributed by atoms with Crippen molar-refractivity contribution in [3.05, 3.63) is 158 Å². The zero-order valence-electron chi connectivity index (χ0n) is 23.3. The molecule has 0 spiro atoms. The highest BCUT2D eigenvalue weighted by Crippen LogP contribution is 2.33. The number of imidazole rings is 1. The van der Waals surface area contributed by atoms with Crippen LogP contribution >= 0.6 is 0 Å². The zero-order valence-corrected chi connectivity index (χ0v) is 23.3. The first-order valence-corrected chi connectivity index (χ1v) is 14.4. The maximum atomic E-state index is 5.02. The number of fused-ring (bicyclic) bond motifs is 2. The molecule has 0 fully saturated rings. The van der Waals surface area contributed by atoms with Crippen molar-refractivity contribution in [2.45, 2.75) is 0 Å². The molecule has 0 radical (unpaired) electrons. The average Bonchev–Trinajstić information content (AvgIpc) is 3.48. The molecule has 0 unspecified atom stereocenters. The molecule has 0 saturated heterocycles. The Morgan fingerprint density at radius 3 is 1.65 bits per heavy atom. The normalized spacial score (nSPS) is 11.3. The molecule has 6 aromatic carbocycles. The minimum absolute atomic E-state index is 0.732. The molecule has 0 aliphatic heterocycles. The van der Waals surface area contributed by atoms with E-state index in [2.05, 4.69) is 120 Å². The third kappa shape index (κ3) is 4.55. The van der Waals surface area contributed by atoms with Gasteiger partial charge in [0.25, 0.3) is 0 Å². The quantitative estimate of drug-likeness (QED) is 0.214.